The molecule has 1 spiro atoms. The second-order valence-corrected chi connectivity index (χ2v) is 7.55. The molecule has 0 saturated carbocycles. The molecular formula is C18H25N5O2. The van der Waals surface area contributed by atoms with Crippen molar-refractivity contribution in [2.45, 2.75) is 39.8 Å². The van der Waals surface area contributed by atoms with E-state index < -0.39 is 0 Å². The van der Waals surface area contributed by atoms with E-state index in [0.29, 0.717) is 6.54 Å². The third-order valence-corrected chi connectivity index (χ3v) is 5.72. The molecule has 0 N–H and O–H groups in total. The van der Waals surface area contributed by atoms with Crippen molar-refractivity contribution in [2.75, 3.05) is 19.6 Å². The first-order chi connectivity index (χ1) is 12.0. The maximum atomic E-state index is 12.9. The maximum Gasteiger partial charge on any atom is 0.232 e. The van der Waals surface area contributed by atoms with E-state index in [1.54, 1.807) is 0 Å². The lowest BCUT2D eigenvalue weighted by molar-refractivity contribution is -0.167. The molecule has 7 heteroatoms. The van der Waals surface area contributed by atoms with E-state index in [9.17, 15) is 4.79 Å². The summed E-state index contributed by atoms with van der Waals surface area (Å²) in [6, 6.07) is 0. The Kier molecular flexibility index (Phi) is 3.91. The Morgan fingerprint density at radius 3 is 2.76 bits per heavy atom. The van der Waals surface area contributed by atoms with E-state index in [1.165, 1.54) is 5.69 Å². The first-order valence-electron chi connectivity index (χ1n) is 8.87. The quantitative estimate of drug-likeness (QED) is 0.790. The maximum absolute atomic E-state index is 12.9. The Hall–Kier alpha value is -2.15. The minimum atomic E-state index is -0.199. The van der Waals surface area contributed by atoms with Gasteiger partial charge in [-0.3, -0.25) is 9.69 Å². The number of aromatic nitrogens is 3. The summed E-state index contributed by atoms with van der Waals surface area (Å²) < 4.78 is 7.27. The number of piperidine rings is 1. The van der Waals surface area contributed by atoms with Gasteiger partial charge in [0.1, 0.15) is 5.76 Å². The molecule has 7 nitrogen and oxygen atoms in total. The van der Waals surface area contributed by atoms with E-state index in [0.717, 1.165) is 56.0 Å². The lowest BCUT2D eigenvalue weighted by atomic mass is 9.72. The SMILES string of the molecule is Cc1noc(C)c1CN1C[C@@]2(CCCN(Cc3cncn3C)C2)C1=O. The number of hydrogen-bond donors (Lipinski definition) is 0. The van der Waals surface area contributed by atoms with Gasteiger partial charge in [-0.1, -0.05) is 5.16 Å². The second kappa shape index (κ2) is 5.98. The van der Waals surface area contributed by atoms with Crippen LogP contribution in [0, 0.1) is 19.3 Å². The summed E-state index contributed by atoms with van der Waals surface area (Å²) in [7, 11) is 2.02. The van der Waals surface area contributed by atoms with Crippen LogP contribution in [-0.4, -0.2) is 50.0 Å². The second-order valence-electron chi connectivity index (χ2n) is 7.55. The number of imidazole rings is 1. The highest BCUT2D eigenvalue weighted by atomic mass is 16.5. The third-order valence-electron chi connectivity index (χ3n) is 5.72. The zero-order valence-electron chi connectivity index (χ0n) is 15.2. The van der Waals surface area contributed by atoms with Crippen LogP contribution in [-0.2, 0) is 24.9 Å². The van der Waals surface area contributed by atoms with Crippen molar-refractivity contribution in [3.8, 4) is 0 Å². The van der Waals surface area contributed by atoms with E-state index >= 15 is 0 Å². The fourth-order valence-electron chi connectivity index (χ4n) is 4.23. The summed E-state index contributed by atoms with van der Waals surface area (Å²) in [5.74, 6) is 1.09. The van der Waals surface area contributed by atoms with Gasteiger partial charge >= 0.3 is 0 Å². The standard InChI is InChI=1S/C18H25N5O2/c1-13-16(14(2)25-20-13)9-23-11-18(17(23)24)5-4-6-22(10-18)8-15-7-19-12-21(15)3/h7,12H,4-6,8-11H2,1-3H3/t18-/m0/s1. The number of rotatable bonds is 4. The molecule has 0 aromatic carbocycles. The van der Waals surface area contributed by atoms with Crippen molar-refractivity contribution in [1.29, 1.82) is 0 Å². The topological polar surface area (TPSA) is 67.4 Å². The van der Waals surface area contributed by atoms with E-state index in [4.69, 9.17) is 4.52 Å². The van der Waals surface area contributed by atoms with Gasteiger partial charge in [0.2, 0.25) is 5.91 Å². The molecule has 0 unspecified atom stereocenters. The number of β-lactam (4-membered cyclic amide) rings is 1. The van der Waals surface area contributed by atoms with Crippen LogP contribution in [0.3, 0.4) is 0 Å². The van der Waals surface area contributed by atoms with E-state index in [1.807, 2.05) is 42.9 Å². The van der Waals surface area contributed by atoms with Crippen molar-refractivity contribution >= 4 is 5.91 Å². The highest BCUT2D eigenvalue weighted by Crippen LogP contribution is 2.41. The number of amides is 1. The van der Waals surface area contributed by atoms with Crippen LogP contribution in [0.4, 0.5) is 0 Å². The van der Waals surface area contributed by atoms with Gasteiger partial charge in [0, 0.05) is 38.4 Å². The van der Waals surface area contributed by atoms with Crippen LogP contribution in [0.2, 0.25) is 0 Å². The molecule has 4 heterocycles. The largest absolute Gasteiger partial charge is 0.361 e. The molecule has 134 valence electrons. The summed E-state index contributed by atoms with van der Waals surface area (Å²) in [5.41, 5.74) is 2.92. The van der Waals surface area contributed by atoms with Crippen LogP contribution in [0.1, 0.15) is 35.6 Å². The van der Waals surface area contributed by atoms with Gasteiger partial charge in [-0.2, -0.15) is 0 Å². The van der Waals surface area contributed by atoms with Gasteiger partial charge in [-0.05, 0) is 33.2 Å². The molecular weight excluding hydrogens is 318 g/mol. The average Bonchev–Trinajstić information content (AvgIpc) is 3.14. The number of hydrogen-bond acceptors (Lipinski definition) is 5. The molecule has 4 rings (SSSR count). The fraction of sp³-hybridized carbons (Fsp3) is 0.611. The van der Waals surface area contributed by atoms with Crippen LogP contribution < -0.4 is 0 Å². The van der Waals surface area contributed by atoms with Crippen LogP contribution in [0.25, 0.3) is 0 Å². The molecule has 25 heavy (non-hydrogen) atoms. The minimum absolute atomic E-state index is 0.199. The first-order valence-corrected chi connectivity index (χ1v) is 8.87. The molecule has 1 atom stereocenters. The van der Waals surface area contributed by atoms with Crippen LogP contribution in [0.15, 0.2) is 17.0 Å². The number of aryl methyl sites for hydroxylation is 3. The highest BCUT2D eigenvalue weighted by molar-refractivity contribution is 5.89. The van der Waals surface area contributed by atoms with Crippen molar-refractivity contribution in [1.82, 2.24) is 24.5 Å². The first kappa shape index (κ1) is 16.3. The van der Waals surface area contributed by atoms with Crippen molar-refractivity contribution < 1.29 is 9.32 Å². The lowest BCUT2D eigenvalue weighted by Gasteiger charge is -2.53. The average molecular weight is 343 g/mol. The number of carbonyl (C=O) groups excluding carboxylic acids is 1. The molecule has 2 aliphatic heterocycles. The normalized spacial score (nSPS) is 24.1. The minimum Gasteiger partial charge on any atom is -0.361 e. The molecule has 1 amide bonds. The summed E-state index contributed by atoms with van der Waals surface area (Å²) in [6.07, 6.45) is 5.80. The summed E-state index contributed by atoms with van der Waals surface area (Å²) in [5, 5.41) is 3.99. The Bertz CT molecular complexity index is 776. The Labute approximate surface area is 147 Å². The fourth-order valence-corrected chi connectivity index (χ4v) is 4.23. The van der Waals surface area contributed by atoms with Gasteiger partial charge in [0.05, 0.1) is 29.7 Å². The number of carbonyl (C=O) groups is 1. The predicted octanol–water partition coefficient (Wildman–Crippen LogP) is 1.65. The number of nitrogens with zero attached hydrogens (tertiary/aromatic N) is 5. The van der Waals surface area contributed by atoms with Gasteiger partial charge in [-0.25, -0.2) is 4.98 Å². The van der Waals surface area contributed by atoms with Gasteiger partial charge in [0.25, 0.3) is 0 Å². The zero-order valence-corrected chi connectivity index (χ0v) is 15.2. The molecule has 2 fully saturated rings. The molecule has 0 bridgehead atoms. The molecule has 2 aliphatic rings. The molecule has 2 saturated heterocycles. The number of likely N-dealkylation sites (tertiary alicyclic amines) is 2. The predicted molar refractivity (Wildman–Crippen MR) is 91.5 cm³/mol. The van der Waals surface area contributed by atoms with Gasteiger partial charge < -0.3 is 14.0 Å². The Balaban J connectivity index is 1.41. The van der Waals surface area contributed by atoms with E-state index in [-0.39, 0.29) is 11.3 Å². The summed E-state index contributed by atoms with van der Waals surface area (Å²) in [4.78, 5) is 21.5. The van der Waals surface area contributed by atoms with Gasteiger partial charge in [0.15, 0.2) is 0 Å². The molecule has 2 aromatic heterocycles. The third kappa shape index (κ3) is 2.76. The molecule has 0 aliphatic carbocycles. The van der Waals surface area contributed by atoms with Crippen molar-refractivity contribution in [2.24, 2.45) is 12.5 Å². The van der Waals surface area contributed by atoms with Crippen molar-refractivity contribution in [3.05, 3.63) is 35.2 Å². The highest BCUT2D eigenvalue weighted by Gasteiger charge is 2.53. The summed E-state index contributed by atoms with van der Waals surface area (Å²) in [6.45, 7) is 8.03. The molecule has 2 aromatic rings. The zero-order chi connectivity index (χ0) is 17.6. The van der Waals surface area contributed by atoms with Crippen LogP contribution in [0.5, 0.6) is 0 Å². The summed E-state index contributed by atoms with van der Waals surface area (Å²) >= 11 is 0. The monoisotopic (exact) mass is 343 g/mol. The Morgan fingerprint density at radius 2 is 2.12 bits per heavy atom. The van der Waals surface area contributed by atoms with Crippen molar-refractivity contribution in [3.63, 3.8) is 0 Å². The smallest absolute Gasteiger partial charge is 0.232 e. The molecule has 0 radical (unpaired) electrons. The van der Waals surface area contributed by atoms with E-state index in [2.05, 4.69) is 15.0 Å². The van der Waals surface area contributed by atoms with Gasteiger partial charge in [-0.15, -0.1) is 0 Å². The Morgan fingerprint density at radius 1 is 1.28 bits per heavy atom. The lowest BCUT2D eigenvalue weighted by Crippen LogP contribution is -2.66. The van der Waals surface area contributed by atoms with Crippen LogP contribution >= 0.6 is 0 Å².